The Hall–Kier alpha value is -2.17. The molecule has 0 saturated carbocycles. The largest absolute Gasteiger partial charge is 0.368 e. The van der Waals surface area contributed by atoms with E-state index in [2.05, 4.69) is 4.98 Å². The molecule has 0 aliphatic rings. The van der Waals surface area contributed by atoms with Crippen LogP contribution in [0.2, 0.25) is 0 Å². The molecule has 0 spiro atoms. The summed E-state index contributed by atoms with van der Waals surface area (Å²) in [5.74, 6) is -0.548. The fraction of sp³-hybridized carbons (Fsp3) is 0.100. The topological polar surface area (TPSA) is 78.0 Å². The van der Waals surface area contributed by atoms with Gasteiger partial charge in [-0.2, -0.15) is 0 Å². The third kappa shape index (κ3) is 1.71. The Balaban J connectivity index is 2.74. The third-order valence-electron chi connectivity index (χ3n) is 2.07. The number of carbonyl (C=O) groups excluding carboxylic acids is 1. The van der Waals surface area contributed by atoms with Gasteiger partial charge in [0.25, 0.3) is 5.56 Å². The number of benzene rings is 1. The number of carbonyl (C=O) groups is 1. The normalized spacial score (nSPS) is 10.4. The van der Waals surface area contributed by atoms with E-state index in [0.29, 0.717) is 11.0 Å². The molecule has 1 amide bonds. The van der Waals surface area contributed by atoms with E-state index in [1.807, 2.05) is 6.07 Å². The van der Waals surface area contributed by atoms with Crippen molar-refractivity contribution in [2.75, 3.05) is 0 Å². The number of primary amides is 1. The van der Waals surface area contributed by atoms with Crippen molar-refractivity contribution in [1.29, 1.82) is 0 Å². The Morgan fingerprint density at radius 1 is 1.40 bits per heavy atom. The highest BCUT2D eigenvalue weighted by atomic mass is 16.2. The first-order chi connectivity index (χ1) is 7.18. The molecule has 0 radical (unpaired) electrons. The van der Waals surface area contributed by atoms with Crippen LogP contribution in [-0.2, 0) is 11.3 Å². The second-order valence-corrected chi connectivity index (χ2v) is 3.14. The fourth-order valence-electron chi connectivity index (χ4n) is 1.43. The van der Waals surface area contributed by atoms with Crippen LogP contribution in [0.3, 0.4) is 0 Å². The molecule has 1 heterocycles. The van der Waals surface area contributed by atoms with Crippen molar-refractivity contribution in [2.45, 2.75) is 6.54 Å². The maximum absolute atomic E-state index is 11.5. The van der Waals surface area contributed by atoms with Crippen LogP contribution in [0.4, 0.5) is 0 Å². The van der Waals surface area contributed by atoms with E-state index in [9.17, 15) is 9.59 Å². The Morgan fingerprint density at radius 2 is 2.13 bits per heavy atom. The summed E-state index contributed by atoms with van der Waals surface area (Å²) in [7, 11) is 0. The highest BCUT2D eigenvalue weighted by Gasteiger charge is 2.05. The number of hydrogen-bond donors (Lipinski definition) is 1. The zero-order chi connectivity index (χ0) is 10.8. The van der Waals surface area contributed by atoms with Gasteiger partial charge in [0.1, 0.15) is 6.54 Å². The van der Waals surface area contributed by atoms with Gasteiger partial charge in [-0.05, 0) is 12.1 Å². The Bertz CT molecular complexity index is 574. The van der Waals surface area contributed by atoms with Crippen molar-refractivity contribution in [3.05, 3.63) is 40.8 Å². The fourth-order valence-corrected chi connectivity index (χ4v) is 1.43. The lowest BCUT2D eigenvalue weighted by atomic mass is 10.3. The summed E-state index contributed by atoms with van der Waals surface area (Å²) in [5, 5.41) is 0. The molecule has 0 fully saturated rings. The Labute approximate surface area is 85.2 Å². The minimum Gasteiger partial charge on any atom is -0.368 e. The van der Waals surface area contributed by atoms with Crippen LogP contribution in [0.25, 0.3) is 11.0 Å². The third-order valence-corrected chi connectivity index (χ3v) is 2.07. The maximum atomic E-state index is 11.5. The molecule has 0 aliphatic heterocycles. The lowest BCUT2D eigenvalue weighted by Gasteiger charge is -2.06. The number of nitrogens with zero attached hydrogens (tertiary/aromatic N) is 2. The molecule has 15 heavy (non-hydrogen) atoms. The lowest BCUT2D eigenvalue weighted by molar-refractivity contribution is -0.118. The van der Waals surface area contributed by atoms with Crippen LogP contribution >= 0.6 is 0 Å². The van der Waals surface area contributed by atoms with Gasteiger partial charge in [-0.15, -0.1) is 0 Å². The molecule has 2 rings (SSSR count). The minimum atomic E-state index is -0.548. The van der Waals surface area contributed by atoms with Gasteiger partial charge in [-0.25, -0.2) is 4.98 Å². The molecule has 0 atom stereocenters. The number of aromatic nitrogens is 2. The number of nitrogens with two attached hydrogens (primary N) is 1. The second kappa shape index (κ2) is 3.53. The summed E-state index contributed by atoms with van der Waals surface area (Å²) < 4.78 is 1.31. The predicted octanol–water partition coefficient (Wildman–Crippen LogP) is -0.118. The van der Waals surface area contributed by atoms with Gasteiger partial charge in [0.2, 0.25) is 5.91 Å². The van der Waals surface area contributed by atoms with Gasteiger partial charge in [0, 0.05) is 0 Å². The van der Waals surface area contributed by atoms with Crippen LogP contribution in [-0.4, -0.2) is 15.5 Å². The molecule has 0 aliphatic carbocycles. The Morgan fingerprint density at radius 3 is 2.87 bits per heavy atom. The summed E-state index contributed by atoms with van der Waals surface area (Å²) in [6.45, 7) is -0.123. The molecule has 76 valence electrons. The van der Waals surface area contributed by atoms with E-state index < -0.39 is 5.91 Å². The Kier molecular flexibility index (Phi) is 2.21. The molecule has 5 nitrogen and oxygen atoms in total. The number of fused-ring (bicyclic) bond motifs is 1. The van der Waals surface area contributed by atoms with Gasteiger partial charge >= 0.3 is 0 Å². The highest BCUT2D eigenvalue weighted by Crippen LogP contribution is 2.07. The second-order valence-electron chi connectivity index (χ2n) is 3.14. The number of amides is 1. The smallest absolute Gasteiger partial charge is 0.269 e. The zero-order valence-corrected chi connectivity index (χ0v) is 7.88. The predicted molar refractivity (Wildman–Crippen MR) is 55.2 cm³/mol. The maximum Gasteiger partial charge on any atom is 0.269 e. The average molecular weight is 203 g/mol. The van der Waals surface area contributed by atoms with Crippen molar-refractivity contribution in [3.8, 4) is 0 Å². The molecule has 0 unspecified atom stereocenters. The summed E-state index contributed by atoms with van der Waals surface area (Å²) in [4.78, 5) is 26.2. The van der Waals surface area contributed by atoms with E-state index in [0.717, 1.165) is 0 Å². The van der Waals surface area contributed by atoms with Gasteiger partial charge in [-0.3, -0.25) is 14.2 Å². The van der Waals surface area contributed by atoms with E-state index in [1.165, 1.54) is 10.8 Å². The molecule has 2 aromatic rings. The molecule has 1 aromatic heterocycles. The standard InChI is InChI=1S/C10H9N3O2/c11-9(14)6-13-8-4-2-1-3-7(8)12-5-10(13)15/h1-5H,6H2,(H2,11,14). The molecule has 5 heteroatoms. The van der Waals surface area contributed by atoms with E-state index in [-0.39, 0.29) is 12.1 Å². The van der Waals surface area contributed by atoms with Gasteiger partial charge in [-0.1, -0.05) is 12.1 Å². The first-order valence-electron chi connectivity index (χ1n) is 4.41. The van der Waals surface area contributed by atoms with E-state index in [4.69, 9.17) is 5.73 Å². The molecule has 1 aromatic carbocycles. The summed E-state index contributed by atoms with van der Waals surface area (Å²) >= 11 is 0. The number of hydrogen-bond acceptors (Lipinski definition) is 3. The van der Waals surface area contributed by atoms with Gasteiger partial charge in [0.05, 0.1) is 17.2 Å². The SMILES string of the molecule is NC(=O)Cn1c(=O)cnc2ccccc21. The van der Waals surface area contributed by atoms with E-state index in [1.54, 1.807) is 18.2 Å². The summed E-state index contributed by atoms with van der Waals surface area (Å²) in [6, 6.07) is 7.09. The molecular weight excluding hydrogens is 194 g/mol. The average Bonchev–Trinajstić information content (AvgIpc) is 2.22. The molecule has 2 N–H and O–H groups in total. The van der Waals surface area contributed by atoms with Crippen LogP contribution < -0.4 is 11.3 Å². The molecular formula is C10H9N3O2. The first-order valence-corrected chi connectivity index (χ1v) is 4.41. The van der Waals surface area contributed by atoms with Crippen LogP contribution in [0, 0.1) is 0 Å². The van der Waals surface area contributed by atoms with E-state index >= 15 is 0 Å². The number of rotatable bonds is 2. The summed E-state index contributed by atoms with van der Waals surface area (Å²) in [6.07, 6.45) is 1.19. The quantitative estimate of drug-likeness (QED) is 0.739. The first kappa shape index (κ1) is 9.39. The van der Waals surface area contributed by atoms with Crippen molar-refractivity contribution in [3.63, 3.8) is 0 Å². The van der Waals surface area contributed by atoms with Crippen LogP contribution in [0.1, 0.15) is 0 Å². The lowest BCUT2D eigenvalue weighted by Crippen LogP contribution is -2.28. The zero-order valence-electron chi connectivity index (χ0n) is 7.88. The highest BCUT2D eigenvalue weighted by molar-refractivity contribution is 5.78. The van der Waals surface area contributed by atoms with Crippen molar-refractivity contribution in [1.82, 2.24) is 9.55 Å². The minimum absolute atomic E-state index is 0.123. The summed E-state index contributed by atoms with van der Waals surface area (Å²) in [5.41, 5.74) is 6.02. The van der Waals surface area contributed by atoms with Crippen molar-refractivity contribution < 1.29 is 4.79 Å². The monoisotopic (exact) mass is 203 g/mol. The number of para-hydroxylation sites is 2. The van der Waals surface area contributed by atoms with Crippen molar-refractivity contribution in [2.24, 2.45) is 5.73 Å². The van der Waals surface area contributed by atoms with Crippen LogP contribution in [0.15, 0.2) is 35.3 Å². The molecule has 0 bridgehead atoms. The van der Waals surface area contributed by atoms with Gasteiger partial charge in [0.15, 0.2) is 0 Å². The van der Waals surface area contributed by atoms with Gasteiger partial charge < -0.3 is 5.73 Å². The van der Waals surface area contributed by atoms with Crippen molar-refractivity contribution >= 4 is 16.9 Å². The molecule has 0 saturated heterocycles. The van der Waals surface area contributed by atoms with Crippen LogP contribution in [0.5, 0.6) is 0 Å².